The van der Waals surface area contributed by atoms with E-state index in [1.807, 2.05) is 0 Å². The highest BCUT2D eigenvalue weighted by atomic mass is 32.2. The van der Waals surface area contributed by atoms with Gasteiger partial charge in [-0.1, -0.05) is 12.1 Å². The summed E-state index contributed by atoms with van der Waals surface area (Å²) in [4.78, 5) is 21.5. The summed E-state index contributed by atoms with van der Waals surface area (Å²) in [5, 5.41) is 16.9. The van der Waals surface area contributed by atoms with Crippen LogP contribution >= 0.6 is 10.7 Å². The number of amides is 1. The summed E-state index contributed by atoms with van der Waals surface area (Å²) in [6.07, 6.45) is 0. The molecule has 0 saturated carbocycles. The van der Waals surface area contributed by atoms with Crippen LogP contribution in [-0.4, -0.2) is 28.2 Å². The zero-order chi connectivity index (χ0) is 13.0. The van der Waals surface area contributed by atoms with E-state index in [0.717, 1.165) is 5.56 Å². The number of aromatic carboxylic acids is 1. The van der Waals surface area contributed by atoms with E-state index < -0.39 is 16.6 Å². The summed E-state index contributed by atoms with van der Waals surface area (Å²) >= 11 is 0. The molecule has 1 amide bonds. The molecule has 1 aromatic rings. The zero-order valence-electron chi connectivity index (χ0n) is 9.37. The van der Waals surface area contributed by atoms with E-state index in [9.17, 15) is 9.59 Å². The van der Waals surface area contributed by atoms with Gasteiger partial charge in [0.2, 0.25) is 0 Å². The van der Waals surface area contributed by atoms with Crippen molar-refractivity contribution in [3.05, 3.63) is 35.4 Å². The van der Waals surface area contributed by atoms with E-state index in [1.54, 1.807) is 12.1 Å². The van der Waals surface area contributed by atoms with Crippen LogP contribution in [0.5, 0.6) is 0 Å². The molecule has 1 heterocycles. The quantitative estimate of drug-likeness (QED) is 0.637. The fraction of sp³-hybridized carbons (Fsp3) is 0.182. The number of carbonyl (C=O) groups is 2. The van der Waals surface area contributed by atoms with Crippen LogP contribution in [0.1, 0.15) is 15.9 Å². The Balaban J connectivity index is 1.94. The average molecular weight is 265 g/mol. The molecule has 18 heavy (non-hydrogen) atoms. The zero-order valence-corrected chi connectivity index (χ0v) is 10.2. The molecule has 0 radical (unpaired) electrons. The molecule has 1 unspecified atom stereocenters. The molecule has 1 atom stereocenters. The number of carboxylic acids is 1. The smallest absolute Gasteiger partial charge is 0.335 e. The molecular weight excluding hydrogens is 254 g/mol. The van der Waals surface area contributed by atoms with Crippen molar-refractivity contribution < 1.29 is 14.7 Å². The highest BCUT2D eigenvalue weighted by Crippen LogP contribution is 2.16. The van der Waals surface area contributed by atoms with Gasteiger partial charge in [0.25, 0.3) is 5.91 Å². The molecule has 2 rings (SSSR count). The Bertz CT molecular complexity index is 537. The Morgan fingerprint density at radius 1 is 1.39 bits per heavy atom. The number of carboxylic acid groups (broad SMARTS) is 1. The lowest BCUT2D eigenvalue weighted by molar-refractivity contribution is -0.113. The molecule has 0 aromatic heterocycles. The molecule has 7 heteroatoms. The first-order valence-corrected chi connectivity index (χ1v) is 6.59. The first kappa shape index (κ1) is 12.4. The lowest BCUT2D eigenvalue weighted by atomic mass is 10.1. The maximum Gasteiger partial charge on any atom is 0.335 e. The molecule has 2 N–H and O–H groups in total. The molecule has 1 aliphatic rings. The van der Waals surface area contributed by atoms with Crippen LogP contribution in [0.3, 0.4) is 0 Å². The van der Waals surface area contributed by atoms with Crippen LogP contribution in [0.25, 0.3) is 0 Å². The van der Waals surface area contributed by atoms with Gasteiger partial charge in [0.1, 0.15) is 0 Å². The van der Waals surface area contributed by atoms with Gasteiger partial charge in [-0.15, -0.1) is 4.52 Å². The van der Waals surface area contributed by atoms with Gasteiger partial charge in [-0.3, -0.25) is 4.79 Å². The minimum absolute atomic E-state index is 0.108. The van der Waals surface area contributed by atoms with E-state index in [-0.39, 0.29) is 11.5 Å². The van der Waals surface area contributed by atoms with Crippen molar-refractivity contribution in [2.24, 2.45) is 9.63 Å². The minimum Gasteiger partial charge on any atom is -0.478 e. The van der Waals surface area contributed by atoms with Gasteiger partial charge in [-0.25, -0.2) is 4.79 Å². The molecule has 0 fully saturated rings. The lowest BCUT2D eigenvalue weighted by Gasteiger charge is -1.97. The molecule has 0 bridgehead atoms. The highest BCUT2D eigenvalue weighted by Gasteiger charge is 2.07. The van der Waals surface area contributed by atoms with Gasteiger partial charge in [0.15, 0.2) is 0 Å². The van der Waals surface area contributed by atoms with Crippen LogP contribution < -0.4 is 5.32 Å². The van der Waals surface area contributed by atoms with Gasteiger partial charge >= 0.3 is 5.97 Å². The van der Waals surface area contributed by atoms with E-state index in [1.165, 1.54) is 17.5 Å². The van der Waals surface area contributed by atoms with Crippen molar-refractivity contribution in [1.29, 1.82) is 0 Å². The summed E-state index contributed by atoms with van der Waals surface area (Å²) in [5.74, 6) is -0.543. The second kappa shape index (κ2) is 5.54. The standard InChI is InChI=1S/C11H11N3O3S/c15-10-6-18(7-12-10)14-13-5-8-1-3-9(4-2-8)11(16)17/h1-4,6H,5,7H2,(H,12,15)(H,16,17). The molecule has 1 aromatic carbocycles. The number of carbonyl (C=O) groups excluding carboxylic acids is 1. The first-order valence-electron chi connectivity index (χ1n) is 5.17. The number of nitrogens with one attached hydrogen (secondary N) is 1. The maximum atomic E-state index is 10.9. The summed E-state index contributed by atoms with van der Waals surface area (Å²) in [5.41, 5.74) is 1.13. The van der Waals surface area contributed by atoms with Crippen molar-refractivity contribution in [1.82, 2.24) is 5.32 Å². The summed E-state index contributed by atoms with van der Waals surface area (Å²) in [7, 11) is -0.464. The Morgan fingerprint density at radius 3 is 2.67 bits per heavy atom. The third-order valence-corrected chi connectivity index (χ3v) is 3.51. The topological polar surface area (TPSA) is 91.1 Å². The van der Waals surface area contributed by atoms with Crippen molar-refractivity contribution in [2.75, 3.05) is 5.88 Å². The van der Waals surface area contributed by atoms with Gasteiger partial charge < -0.3 is 10.4 Å². The van der Waals surface area contributed by atoms with Gasteiger partial charge in [0.05, 0.1) is 23.4 Å². The van der Waals surface area contributed by atoms with Crippen LogP contribution in [0.15, 0.2) is 33.9 Å². The van der Waals surface area contributed by atoms with Gasteiger partial charge in [0, 0.05) is 0 Å². The fourth-order valence-electron chi connectivity index (χ4n) is 1.34. The second-order valence-corrected chi connectivity index (χ2v) is 5.08. The van der Waals surface area contributed by atoms with Crippen molar-refractivity contribution in [3.63, 3.8) is 0 Å². The third kappa shape index (κ3) is 3.24. The van der Waals surface area contributed by atoms with Crippen LogP contribution in [0.2, 0.25) is 0 Å². The summed E-state index contributed by atoms with van der Waals surface area (Å²) < 4.78 is 4.02. The number of benzene rings is 1. The molecule has 0 spiro atoms. The van der Waals surface area contributed by atoms with E-state index in [2.05, 4.69) is 15.0 Å². The van der Waals surface area contributed by atoms with Crippen molar-refractivity contribution in [3.8, 4) is 0 Å². The van der Waals surface area contributed by atoms with Crippen LogP contribution in [-0.2, 0) is 11.3 Å². The molecule has 0 saturated heterocycles. The summed E-state index contributed by atoms with van der Waals surface area (Å²) in [6, 6.07) is 6.46. The van der Waals surface area contributed by atoms with Gasteiger partial charge in [-0.2, -0.15) is 5.11 Å². The predicted octanol–water partition coefficient (Wildman–Crippen LogP) is 1.41. The van der Waals surface area contributed by atoms with E-state index in [0.29, 0.717) is 12.4 Å². The molecule has 94 valence electrons. The SMILES string of the molecule is O=C1C=S(N=NCc2ccc(C(=O)O)cc2)CN1. The number of rotatable bonds is 4. The second-order valence-electron chi connectivity index (χ2n) is 3.59. The molecular formula is C11H11N3O3S. The minimum atomic E-state index is -0.949. The maximum absolute atomic E-state index is 10.9. The summed E-state index contributed by atoms with van der Waals surface area (Å²) in [6.45, 7) is 0.380. The van der Waals surface area contributed by atoms with E-state index >= 15 is 0 Å². The average Bonchev–Trinajstić information content (AvgIpc) is 2.76. The van der Waals surface area contributed by atoms with Crippen molar-refractivity contribution in [2.45, 2.75) is 6.54 Å². The Kier molecular flexibility index (Phi) is 3.83. The highest BCUT2D eigenvalue weighted by molar-refractivity contribution is 8.15. The molecule has 0 aliphatic carbocycles. The van der Waals surface area contributed by atoms with Crippen LogP contribution in [0.4, 0.5) is 0 Å². The normalized spacial score (nSPS) is 18.7. The Labute approximate surface area is 106 Å². The van der Waals surface area contributed by atoms with Crippen molar-refractivity contribution >= 4 is 27.9 Å². The van der Waals surface area contributed by atoms with E-state index in [4.69, 9.17) is 5.11 Å². The molecule has 6 nitrogen and oxygen atoms in total. The Hall–Kier alpha value is -2.02. The molecule has 1 aliphatic heterocycles. The number of nitrogens with zero attached hydrogens (tertiary/aromatic N) is 2. The van der Waals surface area contributed by atoms with Gasteiger partial charge in [-0.05, 0) is 28.4 Å². The number of hydrogen-bond donors (Lipinski definition) is 2. The fourth-order valence-corrected chi connectivity index (χ4v) is 2.36. The monoisotopic (exact) mass is 265 g/mol. The predicted molar refractivity (Wildman–Crippen MR) is 68.6 cm³/mol. The first-order chi connectivity index (χ1) is 8.65. The Morgan fingerprint density at radius 2 is 2.11 bits per heavy atom. The van der Waals surface area contributed by atoms with Crippen LogP contribution in [0, 0.1) is 0 Å². The largest absolute Gasteiger partial charge is 0.478 e. The number of hydrogen-bond acceptors (Lipinski definition) is 4. The lowest BCUT2D eigenvalue weighted by Crippen LogP contribution is -2.15. The third-order valence-electron chi connectivity index (χ3n) is 2.25.